The highest BCUT2D eigenvalue weighted by molar-refractivity contribution is 9.11. The van der Waals surface area contributed by atoms with Crippen LogP contribution in [0.1, 0.15) is 22.3 Å². The summed E-state index contributed by atoms with van der Waals surface area (Å²) in [6.45, 7) is 0. The zero-order valence-electron chi connectivity index (χ0n) is 61.8. The second kappa shape index (κ2) is 30.9. The van der Waals surface area contributed by atoms with Gasteiger partial charge in [-0.25, -0.2) is 0 Å². The van der Waals surface area contributed by atoms with Gasteiger partial charge in [0.2, 0.25) is 0 Å². The Kier molecular flexibility index (Phi) is 19.1. The largest absolute Gasteiger partial charge is 0.451 e. The quantitative estimate of drug-likeness (QED) is 0.0701. The molecule has 8 nitrogen and oxygen atoms in total. The average Bonchev–Trinajstić information content (AvgIpc) is 0.706. The van der Waals surface area contributed by atoms with Crippen LogP contribution in [-0.2, 0) is 5.41 Å². The lowest BCUT2D eigenvalue weighted by Crippen LogP contribution is -2.75. The number of nitrogens with zero attached hydrogens (tertiary/aromatic N) is 6. The number of para-hydroxylation sites is 10. The Morgan fingerprint density at radius 3 is 0.947 bits per heavy atom. The van der Waals surface area contributed by atoms with E-state index in [1.54, 1.807) is 0 Å². The van der Waals surface area contributed by atoms with Crippen LogP contribution in [0.15, 0.2) is 446 Å². The molecule has 0 N–H and O–H groups in total. The van der Waals surface area contributed by atoms with E-state index in [0.717, 1.165) is 139 Å². The summed E-state index contributed by atoms with van der Waals surface area (Å²) in [5.41, 5.74) is 16.9. The van der Waals surface area contributed by atoms with Gasteiger partial charge in [0.1, 0.15) is 11.4 Å². The Labute approximate surface area is 681 Å². The monoisotopic (exact) mass is 1610 g/mol. The molecule has 0 fully saturated rings. The number of hydrogen-bond donors (Lipinski definition) is 0. The Bertz CT molecular complexity index is 5790. The lowest BCUT2D eigenvalue weighted by atomic mass is 9.65. The Morgan fingerprint density at radius 2 is 0.579 bits per heavy atom. The maximum Gasteiger partial charge on any atom is 0.180 e. The second-order valence-electron chi connectivity index (χ2n) is 28.1. The molecule has 0 radical (unpaired) electrons. The van der Waals surface area contributed by atoms with Gasteiger partial charge in [-0.3, -0.25) is 9.97 Å². The zero-order valence-corrected chi connectivity index (χ0v) is 66.0. The number of pyridine rings is 2. The smallest absolute Gasteiger partial charge is 0.180 e. The predicted molar refractivity (Wildman–Crippen MR) is 480 cm³/mol. The number of ether oxygens (including phenoxy) is 2. The molecule has 544 valence electrons. The fourth-order valence-corrected chi connectivity index (χ4v) is 23.8. The third-order valence-electron chi connectivity index (χ3n) is 21.7. The molecule has 0 bridgehead atoms. The predicted octanol–water partition coefficient (Wildman–Crippen LogP) is 25.8. The Morgan fingerprint density at radius 1 is 0.281 bits per heavy atom. The van der Waals surface area contributed by atoms with Gasteiger partial charge in [-0.05, 0) is 184 Å². The van der Waals surface area contributed by atoms with Crippen molar-refractivity contribution in [2.75, 3.05) is 19.6 Å². The molecule has 20 rings (SSSR count). The molecule has 0 saturated carbocycles. The third-order valence-corrected chi connectivity index (χ3v) is 28.5. The van der Waals surface area contributed by atoms with Crippen LogP contribution in [0.4, 0.5) is 68.2 Å². The van der Waals surface area contributed by atoms with Crippen LogP contribution in [0.5, 0.6) is 23.0 Å². The summed E-state index contributed by atoms with van der Waals surface area (Å²) in [6, 6.07) is 150. The number of rotatable bonds is 16. The summed E-state index contributed by atoms with van der Waals surface area (Å²) in [7, 11) is -3.13. The van der Waals surface area contributed by atoms with Crippen LogP contribution in [-0.4, -0.2) is 18.0 Å². The zero-order chi connectivity index (χ0) is 76.4. The molecule has 18 aromatic rings. The molecule has 0 spiro atoms. The number of hydrogen-bond acceptors (Lipinski definition) is 8. The highest BCUT2D eigenvalue weighted by Crippen LogP contribution is 2.63. The molecule has 114 heavy (non-hydrogen) atoms. The van der Waals surface area contributed by atoms with E-state index in [-0.39, 0.29) is 0 Å². The van der Waals surface area contributed by atoms with Crippen molar-refractivity contribution in [1.29, 1.82) is 0 Å². The molecule has 2 aliphatic rings. The first-order valence-electron chi connectivity index (χ1n) is 38.2. The Hall–Kier alpha value is -13.7. The summed E-state index contributed by atoms with van der Waals surface area (Å²) >= 11 is 8.81. The maximum atomic E-state index is 7.24. The number of anilines is 12. The summed E-state index contributed by atoms with van der Waals surface area (Å²) in [5, 5.41) is 7.13. The van der Waals surface area contributed by atoms with E-state index in [0.29, 0.717) is 5.75 Å². The van der Waals surface area contributed by atoms with Gasteiger partial charge >= 0.3 is 0 Å². The normalized spacial score (nSPS) is 12.1. The molecule has 0 saturated heterocycles. The molecule has 4 heterocycles. The third kappa shape index (κ3) is 12.4. The molecule has 2 aromatic heterocycles. The minimum Gasteiger partial charge on any atom is -0.451 e. The molecular formula is C103H72Br2N6O2Si. The minimum absolute atomic E-state index is 0.716. The summed E-state index contributed by atoms with van der Waals surface area (Å²) in [6.07, 6.45) is 3.75. The van der Waals surface area contributed by atoms with Gasteiger partial charge in [0.25, 0.3) is 0 Å². The molecule has 16 aromatic carbocycles. The van der Waals surface area contributed by atoms with Crippen molar-refractivity contribution in [3.05, 3.63) is 468 Å². The van der Waals surface area contributed by atoms with Crippen LogP contribution in [0, 0.1) is 0 Å². The fraction of sp³-hybridized carbons (Fsp3) is 0.00971. The topological polar surface area (TPSA) is 57.2 Å². The SMILES string of the molecule is Brc1c(C(c2ccccc2)(c2ccccc2)c2ccccc2)cc2c(c1N(c1ccccc1)c1ccccc1)Oc1ccccc1N2c1cccc2cccnc12.Brc1c([Si](c2ccccc2)(c2ccccc2)c2ccccc2)cc2c(c1N(c1ccccc1)c1ccccc1)Oc1ccccc1N2c1cccc2cccnc12. The van der Waals surface area contributed by atoms with Gasteiger partial charge in [0.05, 0.1) is 55.0 Å². The molecule has 0 aliphatic carbocycles. The minimum atomic E-state index is -3.13. The lowest BCUT2D eigenvalue weighted by molar-refractivity contribution is 0.477. The van der Waals surface area contributed by atoms with Crippen molar-refractivity contribution >= 4 is 151 Å². The number of aromatic nitrogens is 2. The van der Waals surface area contributed by atoms with Crippen molar-refractivity contribution in [1.82, 2.24) is 9.97 Å². The standard InChI is InChI=1S/C52H36BrN3O.C51H36BrN3OSi/c53-48-43(52(38-22-6-1-7-23-38,39-24-8-2-9-25-39)40-26-10-3-11-27-40)36-46-51(50(48)55(41-28-12-4-13-29-41)42-30-14-5-15-31-42)57-47-34-17-16-32-44(47)56(46)45-33-18-20-37-21-19-35-54-49(37)45;52-48-47(57(40-26-10-3-11-27-40,41-28-12-4-13-29-41)42-30-14-5-15-31-42)36-45-51(50(48)54(38-22-6-1-7-23-38)39-24-8-2-9-25-39)56-46-34-17-16-32-43(46)55(45)44-33-18-20-37-21-19-35-53-49(37)44/h2*1-36H. The molecule has 2 aliphatic heterocycles. The van der Waals surface area contributed by atoms with E-state index < -0.39 is 13.5 Å². The van der Waals surface area contributed by atoms with E-state index in [1.165, 1.54) is 20.7 Å². The van der Waals surface area contributed by atoms with Gasteiger partial charge in [0.15, 0.2) is 31.1 Å². The van der Waals surface area contributed by atoms with Crippen molar-refractivity contribution in [3.63, 3.8) is 0 Å². The number of halogens is 2. The van der Waals surface area contributed by atoms with E-state index >= 15 is 0 Å². The van der Waals surface area contributed by atoms with Gasteiger partial charge in [-0.15, -0.1) is 0 Å². The van der Waals surface area contributed by atoms with Gasteiger partial charge in [0, 0.05) is 50.4 Å². The first-order valence-corrected chi connectivity index (χ1v) is 41.7. The molecular weight excluding hydrogens is 1540 g/mol. The number of benzene rings is 16. The van der Waals surface area contributed by atoms with Crippen LogP contribution >= 0.6 is 31.9 Å². The van der Waals surface area contributed by atoms with E-state index in [1.807, 2.05) is 42.7 Å². The summed E-state index contributed by atoms with van der Waals surface area (Å²) < 4.78 is 16.3. The molecule has 11 heteroatoms. The number of fused-ring (bicyclic) bond motifs is 6. The van der Waals surface area contributed by atoms with E-state index in [4.69, 9.17) is 19.4 Å². The van der Waals surface area contributed by atoms with Gasteiger partial charge in [-0.1, -0.05) is 315 Å². The van der Waals surface area contributed by atoms with Crippen molar-refractivity contribution in [2.24, 2.45) is 0 Å². The van der Waals surface area contributed by atoms with E-state index in [9.17, 15) is 0 Å². The van der Waals surface area contributed by atoms with Gasteiger partial charge < -0.3 is 29.1 Å². The molecule has 0 unspecified atom stereocenters. The van der Waals surface area contributed by atoms with Crippen molar-refractivity contribution in [2.45, 2.75) is 5.41 Å². The summed E-state index contributed by atoms with van der Waals surface area (Å²) in [5.74, 6) is 2.97. The maximum absolute atomic E-state index is 7.24. The van der Waals surface area contributed by atoms with Crippen LogP contribution < -0.4 is 49.8 Å². The highest BCUT2D eigenvalue weighted by atomic mass is 79.9. The summed E-state index contributed by atoms with van der Waals surface area (Å²) in [4.78, 5) is 19.3. The fourth-order valence-electron chi connectivity index (χ4n) is 16.9. The average molecular weight is 1610 g/mol. The second-order valence-corrected chi connectivity index (χ2v) is 33.5. The van der Waals surface area contributed by atoms with Crippen molar-refractivity contribution < 1.29 is 9.47 Å². The highest BCUT2D eigenvalue weighted by Gasteiger charge is 2.48. The van der Waals surface area contributed by atoms with Gasteiger partial charge in [-0.2, -0.15) is 0 Å². The Balaban J connectivity index is 0.000000153. The van der Waals surface area contributed by atoms with Crippen LogP contribution in [0.25, 0.3) is 21.8 Å². The van der Waals surface area contributed by atoms with Crippen molar-refractivity contribution in [3.8, 4) is 23.0 Å². The first kappa shape index (κ1) is 70.7. The van der Waals surface area contributed by atoms with Crippen LogP contribution in [0.3, 0.4) is 0 Å². The van der Waals surface area contributed by atoms with E-state index in [2.05, 4.69) is 446 Å². The first-order chi connectivity index (χ1) is 56.5. The molecule has 0 atom stereocenters. The van der Waals surface area contributed by atoms with Crippen LogP contribution in [0.2, 0.25) is 0 Å². The lowest BCUT2D eigenvalue weighted by Gasteiger charge is -2.42. The molecule has 0 amide bonds.